The largest absolute Gasteiger partial charge is 0.480 e. The number of hydrogen-bond acceptors (Lipinski definition) is 6. The van der Waals surface area contributed by atoms with Crippen molar-refractivity contribution in [3.63, 3.8) is 0 Å². The van der Waals surface area contributed by atoms with E-state index in [1.165, 1.54) is 11.3 Å². The molecule has 146 valence electrons. The lowest BCUT2D eigenvalue weighted by Crippen LogP contribution is -2.21. The molecule has 1 amide bonds. The highest BCUT2D eigenvalue weighted by atomic mass is 32.1. The standard InChI is InChI=1S/C20H21N3O4S/c24-19(25)12-22-10-14-3-1-13(2-4-14)9-21-11-15-5-6-16-8-18(20(26)23-27)28-17(16)7-15/h1-8,21-22,27H,9-12H2,(H,23,26)(H,24,25). The van der Waals surface area contributed by atoms with E-state index < -0.39 is 11.9 Å². The first kappa shape index (κ1) is 20.0. The third-order valence-corrected chi connectivity index (χ3v) is 5.29. The van der Waals surface area contributed by atoms with Crippen LogP contribution in [0.25, 0.3) is 10.1 Å². The van der Waals surface area contributed by atoms with Crippen molar-refractivity contribution < 1.29 is 19.9 Å². The fraction of sp³-hybridized carbons (Fsp3) is 0.200. The van der Waals surface area contributed by atoms with Gasteiger partial charge in [-0.2, -0.15) is 0 Å². The molecule has 0 fully saturated rings. The van der Waals surface area contributed by atoms with Crippen LogP contribution in [-0.4, -0.2) is 28.7 Å². The van der Waals surface area contributed by atoms with Crippen molar-refractivity contribution in [3.05, 3.63) is 70.1 Å². The molecule has 0 atom stereocenters. The molecular formula is C20H21N3O4S. The fourth-order valence-electron chi connectivity index (χ4n) is 2.79. The number of carbonyl (C=O) groups is 2. The second-order valence-corrected chi connectivity index (χ2v) is 7.42. The maximum atomic E-state index is 11.5. The molecular weight excluding hydrogens is 378 g/mol. The Balaban J connectivity index is 1.51. The summed E-state index contributed by atoms with van der Waals surface area (Å²) in [6.45, 7) is 1.88. The molecule has 0 aliphatic heterocycles. The molecule has 1 heterocycles. The molecule has 1 aromatic heterocycles. The Kier molecular flexibility index (Phi) is 6.72. The van der Waals surface area contributed by atoms with Gasteiger partial charge in [-0.1, -0.05) is 36.4 Å². The Bertz CT molecular complexity index is 969. The molecule has 0 aliphatic rings. The van der Waals surface area contributed by atoms with Crippen molar-refractivity contribution in [2.75, 3.05) is 6.54 Å². The highest BCUT2D eigenvalue weighted by Crippen LogP contribution is 2.26. The van der Waals surface area contributed by atoms with Crippen LogP contribution in [0.5, 0.6) is 0 Å². The molecule has 2 aromatic carbocycles. The van der Waals surface area contributed by atoms with Gasteiger partial charge in [-0.3, -0.25) is 14.8 Å². The highest BCUT2D eigenvalue weighted by Gasteiger charge is 2.09. The van der Waals surface area contributed by atoms with Gasteiger partial charge in [-0.25, -0.2) is 5.48 Å². The maximum absolute atomic E-state index is 11.5. The van der Waals surface area contributed by atoms with Gasteiger partial charge < -0.3 is 15.7 Å². The van der Waals surface area contributed by atoms with Gasteiger partial charge in [0.25, 0.3) is 5.91 Å². The van der Waals surface area contributed by atoms with Crippen molar-refractivity contribution in [2.24, 2.45) is 0 Å². The fourth-order valence-corrected chi connectivity index (χ4v) is 3.81. The minimum atomic E-state index is -0.866. The molecule has 5 N–H and O–H groups in total. The second-order valence-electron chi connectivity index (χ2n) is 6.34. The number of hydroxylamine groups is 1. The molecule has 28 heavy (non-hydrogen) atoms. The lowest BCUT2D eigenvalue weighted by molar-refractivity contribution is -0.136. The lowest BCUT2D eigenvalue weighted by atomic mass is 10.1. The first-order valence-corrected chi connectivity index (χ1v) is 9.55. The van der Waals surface area contributed by atoms with Gasteiger partial charge in [0.1, 0.15) is 0 Å². The number of thiophene rings is 1. The summed E-state index contributed by atoms with van der Waals surface area (Å²) in [7, 11) is 0. The molecule has 0 saturated heterocycles. The minimum Gasteiger partial charge on any atom is -0.480 e. The zero-order chi connectivity index (χ0) is 19.9. The number of hydrogen-bond donors (Lipinski definition) is 5. The average molecular weight is 399 g/mol. The molecule has 0 aliphatic carbocycles. The van der Waals surface area contributed by atoms with E-state index in [0.29, 0.717) is 24.5 Å². The summed E-state index contributed by atoms with van der Waals surface area (Å²) in [5, 5.41) is 24.6. The summed E-state index contributed by atoms with van der Waals surface area (Å²) in [6.07, 6.45) is 0. The summed E-state index contributed by atoms with van der Waals surface area (Å²) in [5.74, 6) is -1.36. The van der Waals surface area contributed by atoms with Crippen LogP contribution >= 0.6 is 11.3 Å². The number of amides is 1. The van der Waals surface area contributed by atoms with Gasteiger partial charge in [0, 0.05) is 24.3 Å². The van der Waals surface area contributed by atoms with E-state index in [0.717, 1.165) is 26.8 Å². The SMILES string of the molecule is O=C(O)CNCc1ccc(CNCc2ccc3cc(C(=O)NO)sc3c2)cc1. The summed E-state index contributed by atoms with van der Waals surface area (Å²) in [6, 6.07) is 15.8. The Labute approximate surface area is 166 Å². The summed E-state index contributed by atoms with van der Waals surface area (Å²) in [5.41, 5.74) is 4.95. The van der Waals surface area contributed by atoms with E-state index in [4.69, 9.17) is 10.3 Å². The predicted molar refractivity (Wildman–Crippen MR) is 107 cm³/mol. The number of aliphatic carboxylic acids is 1. The lowest BCUT2D eigenvalue weighted by Gasteiger charge is -2.07. The van der Waals surface area contributed by atoms with Gasteiger partial charge in [0.15, 0.2) is 0 Å². The third-order valence-electron chi connectivity index (χ3n) is 4.20. The van der Waals surface area contributed by atoms with Gasteiger partial charge in [-0.05, 0) is 34.2 Å². The molecule has 0 radical (unpaired) electrons. The van der Waals surface area contributed by atoms with Crippen LogP contribution in [0.4, 0.5) is 0 Å². The van der Waals surface area contributed by atoms with Crippen molar-refractivity contribution in [2.45, 2.75) is 19.6 Å². The van der Waals surface area contributed by atoms with Crippen LogP contribution in [-0.2, 0) is 24.4 Å². The van der Waals surface area contributed by atoms with E-state index in [2.05, 4.69) is 10.6 Å². The van der Waals surface area contributed by atoms with Crippen molar-refractivity contribution >= 4 is 33.3 Å². The summed E-state index contributed by atoms with van der Waals surface area (Å²) in [4.78, 5) is 22.5. The van der Waals surface area contributed by atoms with E-state index in [1.54, 1.807) is 11.5 Å². The normalized spacial score (nSPS) is 10.9. The number of benzene rings is 2. The Morgan fingerprint density at radius 1 is 0.857 bits per heavy atom. The minimum absolute atomic E-state index is 0.0515. The first-order chi connectivity index (χ1) is 13.5. The first-order valence-electron chi connectivity index (χ1n) is 8.73. The number of nitrogens with one attached hydrogen (secondary N) is 3. The monoisotopic (exact) mass is 399 g/mol. The number of rotatable bonds is 9. The molecule has 3 rings (SSSR count). The van der Waals surface area contributed by atoms with Gasteiger partial charge in [0.05, 0.1) is 11.4 Å². The van der Waals surface area contributed by atoms with E-state index >= 15 is 0 Å². The maximum Gasteiger partial charge on any atom is 0.317 e. The van der Waals surface area contributed by atoms with Crippen LogP contribution in [0.1, 0.15) is 26.4 Å². The van der Waals surface area contributed by atoms with Crippen LogP contribution < -0.4 is 16.1 Å². The number of fused-ring (bicyclic) bond motifs is 1. The van der Waals surface area contributed by atoms with Crippen LogP contribution in [0, 0.1) is 0 Å². The molecule has 7 nitrogen and oxygen atoms in total. The zero-order valence-electron chi connectivity index (χ0n) is 15.1. The molecule has 0 unspecified atom stereocenters. The third kappa shape index (κ3) is 5.37. The number of carboxylic acid groups (broad SMARTS) is 1. The van der Waals surface area contributed by atoms with Crippen LogP contribution in [0.3, 0.4) is 0 Å². The number of carboxylic acids is 1. The van der Waals surface area contributed by atoms with Crippen LogP contribution in [0.2, 0.25) is 0 Å². The topological polar surface area (TPSA) is 111 Å². The molecule has 0 bridgehead atoms. The average Bonchev–Trinajstić information content (AvgIpc) is 3.12. The van der Waals surface area contributed by atoms with Crippen molar-refractivity contribution in [1.82, 2.24) is 16.1 Å². The molecule has 0 saturated carbocycles. The summed E-state index contributed by atoms with van der Waals surface area (Å²) >= 11 is 1.34. The second kappa shape index (κ2) is 9.43. The molecule has 3 aromatic rings. The highest BCUT2D eigenvalue weighted by molar-refractivity contribution is 7.20. The van der Waals surface area contributed by atoms with E-state index in [9.17, 15) is 9.59 Å². The molecule has 8 heteroatoms. The smallest absolute Gasteiger partial charge is 0.317 e. The predicted octanol–water partition coefficient (Wildman–Crippen LogP) is 2.48. The molecule has 0 spiro atoms. The Morgan fingerprint density at radius 2 is 1.46 bits per heavy atom. The van der Waals surface area contributed by atoms with Crippen LogP contribution in [0.15, 0.2) is 48.5 Å². The quantitative estimate of drug-likeness (QED) is 0.279. The van der Waals surface area contributed by atoms with Crippen molar-refractivity contribution in [3.8, 4) is 0 Å². The van der Waals surface area contributed by atoms with E-state index in [-0.39, 0.29) is 6.54 Å². The van der Waals surface area contributed by atoms with Gasteiger partial charge >= 0.3 is 5.97 Å². The van der Waals surface area contributed by atoms with Gasteiger partial charge in [0.2, 0.25) is 0 Å². The summed E-state index contributed by atoms with van der Waals surface area (Å²) < 4.78 is 0.996. The van der Waals surface area contributed by atoms with E-state index in [1.807, 2.05) is 42.5 Å². The Hall–Kier alpha value is -2.78. The van der Waals surface area contributed by atoms with Gasteiger partial charge in [-0.15, -0.1) is 11.3 Å². The Morgan fingerprint density at radius 3 is 2.11 bits per heavy atom. The van der Waals surface area contributed by atoms with Crippen molar-refractivity contribution in [1.29, 1.82) is 0 Å². The number of carbonyl (C=O) groups excluding carboxylic acids is 1. The zero-order valence-corrected chi connectivity index (χ0v) is 15.9.